The third kappa shape index (κ3) is 3.02. The molecule has 1 N–H and O–H groups in total. The van der Waals surface area contributed by atoms with E-state index in [4.69, 9.17) is 28.4 Å². The summed E-state index contributed by atoms with van der Waals surface area (Å²) in [6, 6.07) is 9.11. The first kappa shape index (κ1) is 17.8. The van der Waals surface area contributed by atoms with Crippen LogP contribution in [-0.2, 0) is 4.74 Å². The molecule has 28 heavy (non-hydrogen) atoms. The van der Waals surface area contributed by atoms with Crippen LogP contribution in [0.1, 0.15) is 6.92 Å². The minimum Gasteiger partial charge on any atom is -0.493 e. The van der Waals surface area contributed by atoms with E-state index >= 15 is 0 Å². The maximum Gasteiger partial charge on any atom is 0.515 e. The fourth-order valence-electron chi connectivity index (χ4n) is 3.14. The van der Waals surface area contributed by atoms with Crippen LogP contribution in [-0.4, -0.2) is 38.8 Å². The molecule has 3 aromatic rings. The van der Waals surface area contributed by atoms with Crippen LogP contribution in [0, 0.1) is 0 Å². The second-order valence-electron chi connectivity index (χ2n) is 5.94. The van der Waals surface area contributed by atoms with E-state index in [1.165, 1.54) is 0 Å². The Kier molecular flexibility index (Phi) is 4.60. The normalized spacial score (nSPS) is 12.1. The predicted molar refractivity (Wildman–Crippen MR) is 101 cm³/mol. The van der Waals surface area contributed by atoms with Gasteiger partial charge < -0.3 is 33.4 Å². The van der Waals surface area contributed by atoms with Crippen LogP contribution in [0.15, 0.2) is 30.3 Å². The molecule has 4 rings (SSSR count). The Labute approximate surface area is 160 Å². The van der Waals surface area contributed by atoms with Crippen molar-refractivity contribution in [3.05, 3.63) is 30.3 Å². The SMILES string of the molecule is CCOC(=O)Oc1[nH]c2cc(OC)c(OC)cc2c1-c1ccc2c(c1)OCO2. The highest BCUT2D eigenvalue weighted by molar-refractivity contribution is 6.01. The Balaban J connectivity index is 1.91. The summed E-state index contributed by atoms with van der Waals surface area (Å²) in [6.45, 7) is 2.09. The highest BCUT2D eigenvalue weighted by Crippen LogP contribution is 2.45. The third-order valence-corrected chi connectivity index (χ3v) is 4.38. The molecule has 0 fully saturated rings. The summed E-state index contributed by atoms with van der Waals surface area (Å²) in [6.07, 6.45) is -0.796. The molecular weight excluding hydrogens is 366 g/mol. The Morgan fingerprint density at radius 1 is 1.07 bits per heavy atom. The second kappa shape index (κ2) is 7.22. The number of benzene rings is 2. The lowest BCUT2D eigenvalue weighted by Gasteiger charge is -2.09. The standard InChI is InChI=1S/C20H19NO7/c1-4-25-20(22)28-19-18(11-5-6-14-17(7-11)27-10-26-14)12-8-15(23-2)16(24-3)9-13(12)21-19/h5-9,21H,4,10H2,1-3H3. The minimum atomic E-state index is -0.796. The average molecular weight is 385 g/mol. The van der Waals surface area contributed by atoms with Crippen molar-refractivity contribution in [1.82, 2.24) is 4.98 Å². The van der Waals surface area contributed by atoms with Crippen LogP contribution in [0.5, 0.6) is 28.9 Å². The lowest BCUT2D eigenvalue weighted by Crippen LogP contribution is -2.10. The minimum absolute atomic E-state index is 0.171. The molecule has 2 heterocycles. The molecule has 146 valence electrons. The molecule has 0 spiro atoms. The van der Waals surface area contributed by atoms with Crippen molar-refractivity contribution in [1.29, 1.82) is 0 Å². The number of ether oxygens (including phenoxy) is 6. The number of rotatable bonds is 5. The van der Waals surface area contributed by atoms with E-state index in [0.29, 0.717) is 34.1 Å². The molecule has 0 atom stereocenters. The van der Waals surface area contributed by atoms with E-state index in [0.717, 1.165) is 10.9 Å². The maximum atomic E-state index is 11.9. The molecule has 0 amide bonds. The molecule has 0 unspecified atom stereocenters. The molecule has 0 saturated heterocycles. The van der Waals surface area contributed by atoms with E-state index in [1.54, 1.807) is 27.2 Å². The Bertz CT molecular complexity index is 1040. The lowest BCUT2D eigenvalue weighted by atomic mass is 10.0. The van der Waals surface area contributed by atoms with Crippen molar-refractivity contribution in [3.8, 4) is 40.0 Å². The molecule has 0 bridgehead atoms. The smallest absolute Gasteiger partial charge is 0.493 e. The van der Waals surface area contributed by atoms with Crippen LogP contribution >= 0.6 is 0 Å². The predicted octanol–water partition coefficient (Wildman–Crippen LogP) is 4.12. The molecule has 0 radical (unpaired) electrons. The molecule has 0 saturated carbocycles. The number of carbonyl (C=O) groups is 1. The van der Waals surface area contributed by atoms with Crippen LogP contribution in [0.4, 0.5) is 4.79 Å². The van der Waals surface area contributed by atoms with Gasteiger partial charge in [0.05, 0.1) is 31.9 Å². The zero-order chi connectivity index (χ0) is 19.7. The molecular formula is C20H19NO7. The van der Waals surface area contributed by atoms with Crippen molar-refractivity contribution in [2.45, 2.75) is 6.92 Å². The molecule has 1 aromatic heterocycles. The van der Waals surface area contributed by atoms with Gasteiger partial charge in [-0.2, -0.15) is 0 Å². The Morgan fingerprint density at radius 2 is 1.82 bits per heavy atom. The van der Waals surface area contributed by atoms with Crippen LogP contribution in [0.25, 0.3) is 22.0 Å². The van der Waals surface area contributed by atoms with Gasteiger partial charge in [-0.15, -0.1) is 0 Å². The van der Waals surface area contributed by atoms with Gasteiger partial charge in [0.1, 0.15) is 0 Å². The first-order chi connectivity index (χ1) is 13.6. The third-order valence-electron chi connectivity index (χ3n) is 4.38. The number of aromatic nitrogens is 1. The quantitative estimate of drug-likeness (QED) is 0.661. The number of fused-ring (bicyclic) bond motifs is 2. The summed E-state index contributed by atoms with van der Waals surface area (Å²) < 4.78 is 32.0. The van der Waals surface area contributed by atoms with Gasteiger partial charge in [0.15, 0.2) is 23.0 Å². The number of H-pyrrole nitrogens is 1. The summed E-state index contributed by atoms with van der Waals surface area (Å²) in [5, 5.41) is 0.788. The topological polar surface area (TPSA) is 88.2 Å². The van der Waals surface area contributed by atoms with Crippen LogP contribution in [0.2, 0.25) is 0 Å². The van der Waals surface area contributed by atoms with E-state index < -0.39 is 6.16 Å². The number of aromatic amines is 1. The second-order valence-corrected chi connectivity index (χ2v) is 5.94. The lowest BCUT2D eigenvalue weighted by molar-refractivity contribution is 0.103. The summed E-state index contributed by atoms with van der Waals surface area (Å²) >= 11 is 0. The Hall–Kier alpha value is -3.55. The van der Waals surface area contributed by atoms with E-state index in [-0.39, 0.29) is 19.3 Å². The summed E-state index contributed by atoms with van der Waals surface area (Å²) in [5.74, 6) is 2.64. The average Bonchev–Trinajstić information content (AvgIpc) is 3.29. The Morgan fingerprint density at radius 3 is 2.57 bits per heavy atom. The molecule has 8 nitrogen and oxygen atoms in total. The summed E-state index contributed by atoms with van der Waals surface area (Å²) in [4.78, 5) is 15.1. The van der Waals surface area contributed by atoms with Crippen molar-refractivity contribution < 1.29 is 33.2 Å². The van der Waals surface area contributed by atoms with Gasteiger partial charge in [-0.1, -0.05) is 6.07 Å². The van der Waals surface area contributed by atoms with Gasteiger partial charge in [0.2, 0.25) is 12.7 Å². The van der Waals surface area contributed by atoms with Gasteiger partial charge in [-0.25, -0.2) is 4.79 Å². The largest absolute Gasteiger partial charge is 0.515 e. The summed E-state index contributed by atoms with van der Waals surface area (Å²) in [7, 11) is 3.12. The number of carbonyl (C=O) groups excluding carboxylic acids is 1. The molecule has 1 aliphatic heterocycles. The van der Waals surface area contributed by atoms with Gasteiger partial charge in [0, 0.05) is 11.5 Å². The van der Waals surface area contributed by atoms with E-state index in [1.807, 2.05) is 24.3 Å². The van der Waals surface area contributed by atoms with Gasteiger partial charge in [-0.05, 0) is 30.7 Å². The fourth-order valence-corrected chi connectivity index (χ4v) is 3.14. The highest BCUT2D eigenvalue weighted by atomic mass is 16.7. The van der Waals surface area contributed by atoms with E-state index in [9.17, 15) is 4.79 Å². The van der Waals surface area contributed by atoms with Crippen LogP contribution < -0.4 is 23.7 Å². The zero-order valence-corrected chi connectivity index (χ0v) is 15.7. The fraction of sp³-hybridized carbons (Fsp3) is 0.250. The van der Waals surface area contributed by atoms with Gasteiger partial charge in [-0.3, -0.25) is 0 Å². The molecule has 1 aliphatic rings. The summed E-state index contributed by atoms with van der Waals surface area (Å²) in [5.41, 5.74) is 2.16. The molecule has 0 aliphatic carbocycles. The molecule has 2 aromatic carbocycles. The van der Waals surface area contributed by atoms with Crippen molar-refractivity contribution in [2.75, 3.05) is 27.6 Å². The number of nitrogens with one attached hydrogen (secondary N) is 1. The van der Waals surface area contributed by atoms with Gasteiger partial charge >= 0.3 is 6.16 Å². The molecule has 8 heteroatoms. The number of hydrogen-bond donors (Lipinski definition) is 1. The van der Waals surface area contributed by atoms with E-state index in [2.05, 4.69) is 4.98 Å². The zero-order valence-electron chi connectivity index (χ0n) is 15.7. The van der Waals surface area contributed by atoms with Crippen molar-refractivity contribution >= 4 is 17.1 Å². The number of methoxy groups -OCH3 is 2. The monoisotopic (exact) mass is 385 g/mol. The number of hydrogen-bond acceptors (Lipinski definition) is 7. The maximum absolute atomic E-state index is 11.9. The van der Waals surface area contributed by atoms with Crippen LogP contribution in [0.3, 0.4) is 0 Å². The van der Waals surface area contributed by atoms with Crippen molar-refractivity contribution in [2.24, 2.45) is 0 Å². The van der Waals surface area contributed by atoms with Crippen molar-refractivity contribution in [3.63, 3.8) is 0 Å². The first-order valence-electron chi connectivity index (χ1n) is 8.67. The first-order valence-corrected chi connectivity index (χ1v) is 8.67. The highest BCUT2D eigenvalue weighted by Gasteiger charge is 2.23. The van der Waals surface area contributed by atoms with Gasteiger partial charge in [0.25, 0.3) is 0 Å².